The van der Waals surface area contributed by atoms with Crippen LogP contribution in [0.2, 0.25) is 0 Å². The van der Waals surface area contributed by atoms with Crippen molar-refractivity contribution in [1.29, 1.82) is 0 Å². The summed E-state index contributed by atoms with van der Waals surface area (Å²) in [5.41, 5.74) is 17.1. The highest BCUT2D eigenvalue weighted by Gasteiger charge is 2.47. The molecule has 0 aromatic heterocycles. The summed E-state index contributed by atoms with van der Waals surface area (Å²) in [5, 5.41) is 0. The largest absolute Gasteiger partial charge is 0.493 e. The molecule has 24 heteroatoms. The van der Waals surface area contributed by atoms with Gasteiger partial charge in [0.2, 0.25) is 0 Å². The maximum absolute atomic E-state index is 13.8. The Hall–Kier alpha value is -7.16. The predicted molar refractivity (Wildman–Crippen MR) is 471 cm³/mol. The van der Waals surface area contributed by atoms with Crippen molar-refractivity contribution in [3.63, 3.8) is 0 Å². The summed E-state index contributed by atoms with van der Waals surface area (Å²) >= 11 is 0. The molecule has 0 aliphatic carbocycles. The number of fused-ring (bicyclic) bond motifs is 12. The van der Waals surface area contributed by atoms with E-state index >= 15 is 0 Å². The summed E-state index contributed by atoms with van der Waals surface area (Å²) in [6.45, 7) is -50.1. The van der Waals surface area contributed by atoms with E-state index in [9.17, 15) is 52.1 Å². The van der Waals surface area contributed by atoms with Crippen LogP contribution in [0.4, 0.5) is 0 Å². The van der Waals surface area contributed by atoms with Gasteiger partial charge in [0.05, 0.1) is 75.9 Å². The van der Waals surface area contributed by atoms with Crippen LogP contribution in [0.1, 0.15) is 337 Å². The van der Waals surface area contributed by atoms with Gasteiger partial charge in [-0.3, -0.25) is 38.8 Å². The first-order valence-electron chi connectivity index (χ1n) is 75.5. The van der Waals surface area contributed by atoms with Crippen molar-refractivity contribution in [3.8, 4) is 46.0 Å². The maximum Gasteiger partial charge on any atom is 0.323 e. The molecule has 4 aromatic rings. The van der Waals surface area contributed by atoms with Crippen LogP contribution in [0.25, 0.3) is 0 Å². The molecular formula is C96H152N8O16. The standard InChI is InChI=1S/4C24H38N2O4/c4*1-14(2)9-17-13-26-8-7-16-10-21(28-5)22(29-6)11-18(16)19(26)12-20(17)30-24(27)23(25)15(3)4/h4*10-11,14-15,17,19-20,23H,7-9,12-13,25H2,1-6H3/t4*17?,19?,20?,23-/m0000/s1/i2*3D3,4D3,5D3,7D2,8D2,12D2,13D2,15D,17D,20D,23D;3D3,4D3,7D2,8D2,12D2,13D2,15D,17D,20D,23D;3D3,4D3,7D2,8D2,12D2,13D2,15D,17D,19D,23D. The Morgan fingerprint density at radius 3 is 0.900 bits per heavy atom. The molecule has 0 radical (unpaired) electrons. The molecule has 120 heavy (non-hydrogen) atoms. The Kier molecular flexibility index (Phi) is 13.1. The van der Waals surface area contributed by atoms with Crippen LogP contribution in [0.15, 0.2) is 48.5 Å². The molecule has 8 aliphatic heterocycles. The molecule has 8 N–H and O–H groups in total. The van der Waals surface area contributed by atoms with Crippen LogP contribution in [-0.2, 0) is 63.6 Å². The van der Waals surface area contributed by atoms with E-state index in [0.717, 1.165) is 57.7 Å². The van der Waals surface area contributed by atoms with Gasteiger partial charge in [-0.1, -0.05) is 110 Å². The molecule has 4 fully saturated rings. The average Bonchev–Trinajstić information content (AvgIpc) is 0.658. The van der Waals surface area contributed by atoms with E-state index in [2.05, 4.69) is 0 Å². The molecule has 0 spiro atoms. The number of piperidine rings is 4. The lowest BCUT2D eigenvalue weighted by Gasteiger charge is -2.47. The number of aryl methyl sites for hydroxylation is 4. The lowest BCUT2D eigenvalue weighted by Crippen LogP contribution is -2.51. The average molecular weight is 1750 g/mol. The third-order valence-electron chi connectivity index (χ3n) is 17.8. The minimum Gasteiger partial charge on any atom is -0.493 e. The molecule has 12 unspecified atom stereocenters. The number of hydrogen-bond donors (Lipinski definition) is 4. The number of methoxy groups -OCH3 is 8. The van der Waals surface area contributed by atoms with Crippen molar-refractivity contribution in [2.75, 3.05) is 109 Å². The van der Waals surface area contributed by atoms with Crippen molar-refractivity contribution in [2.24, 2.45) is 93.8 Å². The second-order valence-electron chi connectivity index (χ2n) is 28.4. The molecule has 4 saturated heterocycles. The van der Waals surface area contributed by atoms with E-state index in [1.165, 1.54) is 76.7 Å². The summed E-state index contributed by atoms with van der Waals surface area (Å²) < 4.78 is 722. The Morgan fingerprint density at radius 1 is 0.367 bits per heavy atom. The van der Waals surface area contributed by atoms with E-state index in [1.54, 1.807) is 0 Å². The number of carbonyl (C=O) groups excluding carboxylic acids is 4. The molecule has 672 valence electrons. The van der Waals surface area contributed by atoms with Crippen molar-refractivity contribution < 1.29 is 183 Å². The van der Waals surface area contributed by atoms with E-state index < -0.39 is 432 Å². The smallest absolute Gasteiger partial charge is 0.323 e. The summed E-state index contributed by atoms with van der Waals surface area (Å²) in [6.07, 6.45) is -46.5. The summed E-state index contributed by atoms with van der Waals surface area (Å²) in [7, 11) is 0.328. The SMILES string of the molecule is [2H]C([2H])([2H])C([2H])(C([2H])([2H])[2H])[C@]([2H])(N)C(=O)OC1([2H])C([2H])([2H])C2c3cc(OC)c(OC)cc3C([2H])([2H])C([2H])([2H])N2C([2H])([2H])C1([2H])CC(C)C.[2H]C([2H])([2H])C([2H])(C([2H])([2H])[2H])[C@]([2H])(N)C(=O)OC1C([2H])([2H])C2([2H])c3cc(OC)c(OC)cc3C([2H])([2H])C([2H])([2H])N2C([2H])([2H])C1([2H])CC(C)C.[2H]C([2H])([2H])Oc1cc2c(cc1OC)C1N(C([2H])([2H])C2([2H])[2H])C([2H])([2H])C([2H])(CC(C)C)C([2H])(OC(=O)[C@@]([2H])(N)C([2H])(C([2H])([2H])[2H])C([2H])([2H])[2H])C1([2H])[2H].[2H]C([2H])([2H])Oc1cc2c(cc1OC)C1N(C([2H])([2H])C2([2H])[2H])C([2H])([2H])C([2H])(CC(C)C)C([2H])(OC(=O)[C@@]([2H])(N)C([2H])(C([2H])([2H])[2H])C([2H])([2H])[2H])C1([2H])[2H]. The first-order chi connectivity index (χ1) is 86.9. The van der Waals surface area contributed by atoms with Crippen LogP contribution >= 0.6 is 0 Å². The van der Waals surface area contributed by atoms with Gasteiger partial charge in [0.1, 0.15) is 48.4 Å². The van der Waals surface area contributed by atoms with Crippen molar-refractivity contribution in [3.05, 3.63) is 93.0 Å². The van der Waals surface area contributed by atoms with Gasteiger partial charge in [-0.15, -0.1) is 0 Å². The number of ether oxygens (including phenoxy) is 12. The van der Waals surface area contributed by atoms with Gasteiger partial charge in [-0.05, 0) is 191 Å². The van der Waals surface area contributed by atoms with Crippen LogP contribution in [0.5, 0.6) is 46.0 Å². The van der Waals surface area contributed by atoms with Crippen molar-refractivity contribution in [2.45, 2.75) is 259 Å². The van der Waals surface area contributed by atoms with Crippen molar-refractivity contribution >= 4 is 23.9 Å². The number of esters is 4. The maximum atomic E-state index is 13.8. The number of nitrogens with two attached hydrogens (primary N) is 4. The summed E-state index contributed by atoms with van der Waals surface area (Å²) in [5.74, 6) is -46.7. The second-order valence-corrected chi connectivity index (χ2v) is 28.4. The monoisotopic (exact) mass is 1750 g/mol. The first-order valence-corrected chi connectivity index (χ1v) is 36.5. The van der Waals surface area contributed by atoms with E-state index in [1.807, 2.05) is 0 Å². The van der Waals surface area contributed by atoms with E-state index in [4.69, 9.17) is 154 Å². The molecule has 16 atom stereocenters. The van der Waals surface area contributed by atoms with Gasteiger partial charge in [0.15, 0.2) is 46.0 Å². The number of nitrogens with zero attached hydrogens (tertiary/aromatic N) is 4. The topological polar surface area (TPSA) is 296 Å². The number of carbonyl (C=O) groups is 4. The van der Waals surface area contributed by atoms with E-state index in [0.29, 0.717) is 12.1 Å². The fraction of sp³-hybridized carbons (Fsp3) is 0.708. The Labute approximate surface area is 828 Å². The molecule has 8 heterocycles. The van der Waals surface area contributed by atoms with Gasteiger partial charge in [-0.25, -0.2) is 0 Å². The Bertz CT molecular complexity index is 7440. The van der Waals surface area contributed by atoms with Crippen LogP contribution < -0.4 is 60.8 Å². The third-order valence-corrected chi connectivity index (χ3v) is 17.8. The second kappa shape index (κ2) is 43.9. The fourth-order valence-corrected chi connectivity index (χ4v) is 12.2. The Balaban J connectivity index is 0.000000286. The quantitative estimate of drug-likeness (QED) is 0.0303. The summed E-state index contributed by atoms with van der Waals surface area (Å²) in [4.78, 5) is 55.0. The first kappa shape index (κ1) is 35.7. The lowest BCUT2D eigenvalue weighted by molar-refractivity contribution is -0.161. The molecular weight excluding hydrogens is 1520 g/mol. The van der Waals surface area contributed by atoms with Gasteiger partial charge in [0, 0.05) is 213 Å². The van der Waals surface area contributed by atoms with Gasteiger partial charge < -0.3 is 79.8 Å². The number of rotatable bonds is 28. The highest BCUT2D eigenvalue weighted by Crippen LogP contribution is 2.50. The molecule has 0 amide bonds. The van der Waals surface area contributed by atoms with Crippen LogP contribution in [0.3, 0.4) is 0 Å². The third kappa shape index (κ3) is 23.8. The number of hydrogen-bond acceptors (Lipinski definition) is 24. The molecule has 24 nitrogen and oxygen atoms in total. The molecule has 4 aromatic carbocycles. The minimum absolute atomic E-state index is 0.0120. The van der Waals surface area contributed by atoms with Crippen molar-refractivity contribution in [1.82, 2.24) is 19.6 Å². The van der Waals surface area contributed by atoms with Crippen LogP contribution in [0, 0.1) is 70.8 Å². The zero-order chi connectivity index (χ0) is 156. The molecule has 12 rings (SSSR count). The highest BCUT2D eigenvalue weighted by molar-refractivity contribution is 5.77. The molecule has 0 saturated carbocycles. The fourth-order valence-electron chi connectivity index (χ4n) is 12.2. The summed E-state index contributed by atoms with van der Waals surface area (Å²) in [6, 6.07) is -20.8. The van der Waals surface area contributed by atoms with Crippen LogP contribution in [-0.4, -0.2) is 201 Å². The number of benzene rings is 4. The van der Waals surface area contributed by atoms with Gasteiger partial charge >= 0.3 is 23.9 Å². The van der Waals surface area contributed by atoms with Gasteiger partial charge in [-0.2, -0.15) is 0 Å². The predicted octanol–water partition coefficient (Wildman–Crippen LogP) is 14.3. The zero-order valence-corrected chi connectivity index (χ0v) is 67.7. The zero-order valence-electron chi connectivity index (χ0n) is 146. The highest BCUT2D eigenvalue weighted by atomic mass is 16.6. The molecule has 8 aliphatic rings. The van der Waals surface area contributed by atoms with Gasteiger partial charge in [0.25, 0.3) is 0 Å². The normalized spacial score (nSPS) is 48.5. The van der Waals surface area contributed by atoms with E-state index in [-0.39, 0.29) is 42.6 Å². The molecule has 0 bridgehead atoms. The minimum atomic E-state index is -4.22. The Morgan fingerprint density at radius 2 is 0.617 bits per heavy atom. The lowest BCUT2D eigenvalue weighted by atomic mass is 9.79.